The van der Waals surface area contributed by atoms with Gasteiger partial charge in [-0.3, -0.25) is 0 Å². The van der Waals surface area contributed by atoms with E-state index in [0.29, 0.717) is 6.42 Å². The molecule has 0 aromatic carbocycles. The Balaban J connectivity index is 2.78. The highest BCUT2D eigenvalue weighted by atomic mass is 79.9. The lowest BCUT2D eigenvalue weighted by Crippen LogP contribution is -2.50. The molecule has 19 heavy (non-hydrogen) atoms. The van der Waals surface area contributed by atoms with Crippen LogP contribution in [0.3, 0.4) is 0 Å². The summed E-state index contributed by atoms with van der Waals surface area (Å²) in [6.07, 6.45) is 0.302. The number of hydrogen-bond donors (Lipinski definition) is 0. The van der Waals surface area contributed by atoms with Crippen LogP contribution < -0.4 is 0 Å². The molecule has 0 bridgehead atoms. The zero-order valence-corrected chi connectivity index (χ0v) is 15.1. The van der Waals surface area contributed by atoms with E-state index in [2.05, 4.69) is 59.8 Å². The second-order valence-electron chi connectivity index (χ2n) is 6.60. The molecule has 0 unspecified atom stereocenters. The van der Waals surface area contributed by atoms with Crippen molar-refractivity contribution < 1.29 is 9.16 Å². The molecule has 1 aliphatic rings. The lowest BCUT2D eigenvalue weighted by atomic mass is 10.0. The molecular weight excluding hydrogens is 326 g/mol. The Kier molecular flexibility index (Phi) is 5.49. The number of ether oxygens (including phenoxy) is 1. The van der Waals surface area contributed by atoms with Crippen molar-refractivity contribution in [2.24, 2.45) is 5.11 Å². The van der Waals surface area contributed by atoms with Crippen LogP contribution in [0.15, 0.2) is 5.11 Å². The molecule has 0 aromatic heterocycles. The Hall–Kier alpha value is -0.0731. The molecule has 1 heterocycles. The van der Waals surface area contributed by atoms with Crippen molar-refractivity contribution in [3.05, 3.63) is 10.4 Å². The molecule has 0 radical (unpaired) electrons. The molecule has 0 aromatic rings. The number of alkyl halides is 1. The summed E-state index contributed by atoms with van der Waals surface area (Å²) < 4.78 is 12.1. The molecule has 0 spiro atoms. The lowest BCUT2D eigenvalue weighted by molar-refractivity contribution is -0.148. The van der Waals surface area contributed by atoms with Crippen molar-refractivity contribution in [2.45, 2.75) is 75.5 Å². The molecule has 110 valence electrons. The van der Waals surface area contributed by atoms with Crippen LogP contribution >= 0.6 is 15.9 Å². The number of nitrogens with zero attached hydrogens (tertiary/aromatic N) is 3. The van der Waals surface area contributed by atoms with Gasteiger partial charge >= 0.3 is 0 Å². The second-order valence-corrected chi connectivity index (χ2v) is 12.4. The molecule has 0 saturated carbocycles. The van der Waals surface area contributed by atoms with Crippen LogP contribution in [-0.2, 0) is 9.16 Å². The predicted octanol–water partition coefficient (Wildman–Crippen LogP) is 4.59. The number of hydrogen-bond acceptors (Lipinski definition) is 3. The molecule has 4 atom stereocenters. The van der Waals surface area contributed by atoms with Crippen LogP contribution in [0.4, 0.5) is 0 Å². The lowest BCUT2D eigenvalue weighted by Gasteiger charge is -2.43. The molecular formula is C12H24BrN3O2Si. The number of halogens is 1. The largest absolute Gasteiger partial charge is 0.392 e. The maximum absolute atomic E-state index is 8.64. The van der Waals surface area contributed by atoms with Crippen LogP contribution in [0.1, 0.15) is 34.1 Å². The zero-order chi connectivity index (χ0) is 14.8. The summed E-state index contributed by atoms with van der Waals surface area (Å²) in [6, 6.07) is -0.122. The van der Waals surface area contributed by atoms with Gasteiger partial charge in [-0.25, -0.2) is 0 Å². The highest BCUT2D eigenvalue weighted by molar-refractivity contribution is 9.09. The Morgan fingerprint density at radius 3 is 2.47 bits per heavy atom. The Morgan fingerprint density at radius 1 is 1.42 bits per heavy atom. The summed E-state index contributed by atoms with van der Waals surface area (Å²) in [5.74, 6) is 0. The van der Waals surface area contributed by atoms with Crippen molar-refractivity contribution in [2.75, 3.05) is 0 Å². The van der Waals surface area contributed by atoms with Gasteiger partial charge in [-0.15, -0.1) is 0 Å². The number of azide groups is 1. The van der Waals surface area contributed by atoms with Gasteiger partial charge < -0.3 is 9.16 Å². The van der Waals surface area contributed by atoms with E-state index in [1.807, 2.05) is 6.92 Å². The van der Waals surface area contributed by atoms with Gasteiger partial charge in [-0.05, 0) is 30.6 Å². The zero-order valence-electron chi connectivity index (χ0n) is 12.6. The van der Waals surface area contributed by atoms with E-state index in [1.54, 1.807) is 0 Å². The maximum atomic E-state index is 8.64. The van der Waals surface area contributed by atoms with Crippen LogP contribution in [0, 0.1) is 0 Å². The van der Waals surface area contributed by atoms with Crippen molar-refractivity contribution in [3.8, 4) is 0 Å². The third kappa shape index (κ3) is 4.19. The smallest absolute Gasteiger partial charge is 0.195 e. The summed E-state index contributed by atoms with van der Waals surface area (Å²) >= 11 is 3.53. The monoisotopic (exact) mass is 349 g/mol. The average molecular weight is 350 g/mol. The summed E-state index contributed by atoms with van der Waals surface area (Å²) in [7, 11) is -1.87. The molecule has 1 saturated heterocycles. The Morgan fingerprint density at radius 2 is 2.00 bits per heavy atom. The van der Waals surface area contributed by atoms with E-state index in [-0.39, 0.29) is 28.3 Å². The summed E-state index contributed by atoms with van der Waals surface area (Å²) in [5.41, 5.74) is 8.64. The van der Waals surface area contributed by atoms with E-state index >= 15 is 0 Å². The van der Waals surface area contributed by atoms with Crippen LogP contribution in [0.25, 0.3) is 10.4 Å². The van der Waals surface area contributed by atoms with Crippen molar-refractivity contribution in [1.82, 2.24) is 0 Å². The van der Waals surface area contributed by atoms with Crippen molar-refractivity contribution in [1.29, 1.82) is 0 Å². The minimum absolute atomic E-state index is 0.0287. The first-order chi connectivity index (χ1) is 8.58. The fourth-order valence-corrected chi connectivity index (χ4v) is 3.38. The van der Waals surface area contributed by atoms with Gasteiger partial charge in [0.25, 0.3) is 0 Å². The fourth-order valence-electron chi connectivity index (χ4n) is 1.77. The normalized spacial score (nSPS) is 32.8. The fraction of sp³-hybridized carbons (Fsp3) is 1.00. The molecule has 1 fully saturated rings. The van der Waals surface area contributed by atoms with E-state index in [0.717, 1.165) is 0 Å². The van der Waals surface area contributed by atoms with Gasteiger partial charge in [0, 0.05) is 16.2 Å². The van der Waals surface area contributed by atoms with E-state index in [9.17, 15) is 0 Å². The predicted molar refractivity (Wildman–Crippen MR) is 82.9 cm³/mol. The molecule has 0 amide bonds. The minimum atomic E-state index is -1.87. The second kappa shape index (κ2) is 6.14. The van der Waals surface area contributed by atoms with Gasteiger partial charge in [0.2, 0.25) is 0 Å². The van der Waals surface area contributed by atoms with Gasteiger partial charge in [0.1, 0.15) is 6.29 Å². The first-order valence-corrected chi connectivity index (χ1v) is 10.4. The summed E-state index contributed by atoms with van der Waals surface area (Å²) in [6.45, 7) is 13.0. The SMILES string of the molecule is C[C@@H]1O[C@H](O[Si](C)(C)C(C)(C)C)C[C@H](N=[N+]=[N-])[C@@H]1Br. The number of rotatable bonds is 3. The summed E-state index contributed by atoms with van der Waals surface area (Å²) in [5, 5.41) is 3.98. The molecule has 7 heteroatoms. The van der Waals surface area contributed by atoms with Crippen molar-refractivity contribution >= 4 is 24.2 Å². The topological polar surface area (TPSA) is 67.2 Å². The molecule has 1 aliphatic heterocycles. The Bertz CT molecular complexity index is 366. The van der Waals surface area contributed by atoms with Gasteiger partial charge in [0.05, 0.1) is 12.1 Å². The van der Waals surface area contributed by atoms with Crippen LogP contribution in [-0.4, -0.2) is 31.6 Å². The summed E-state index contributed by atoms with van der Waals surface area (Å²) in [4.78, 5) is 2.96. The van der Waals surface area contributed by atoms with E-state index in [1.165, 1.54) is 0 Å². The molecule has 5 nitrogen and oxygen atoms in total. The van der Waals surface area contributed by atoms with Crippen LogP contribution in [0.2, 0.25) is 18.1 Å². The van der Waals surface area contributed by atoms with Gasteiger partial charge in [0.15, 0.2) is 8.32 Å². The first-order valence-electron chi connectivity index (χ1n) is 6.60. The first kappa shape index (κ1) is 17.0. The third-order valence-electron chi connectivity index (χ3n) is 4.05. The highest BCUT2D eigenvalue weighted by Gasteiger charge is 2.43. The molecule has 0 N–H and O–H groups in total. The third-order valence-corrected chi connectivity index (χ3v) is 9.87. The minimum Gasteiger partial charge on any atom is -0.392 e. The van der Waals surface area contributed by atoms with E-state index < -0.39 is 8.32 Å². The van der Waals surface area contributed by atoms with Crippen LogP contribution in [0.5, 0.6) is 0 Å². The molecule has 0 aliphatic carbocycles. The maximum Gasteiger partial charge on any atom is 0.195 e. The highest BCUT2D eigenvalue weighted by Crippen LogP contribution is 2.39. The molecule has 1 rings (SSSR count). The van der Waals surface area contributed by atoms with Gasteiger partial charge in [-0.1, -0.05) is 41.8 Å². The Labute approximate surface area is 124 Å². The van der Waals surface area contributed by atoms with E-state index in [4.69, 9.17) is 14.7 Å². The quantitative estimate of drug-likeness (QED) is 0.246. The standard InChI is InChI=1S/C12H24BrN3O2Si/c1-8-11(13)9(15-16-14)7-10(17-8)18-19(5,6)12(2,3)4/h8-11H,7H2,1-6H3/t8-,9-,10+,11+/m0/s1. The van der Waals surface area contributed by atoms with Gasteiger partial charge in [-0.2, -0.15) is 0 Å². The average Bonchev–Trinajstić information content (AvgIpc) is 2.23. The van der Waals surface area contributed by atoms with Crippen molar-refractivity contribution in [3.63, 3.8) is 0 Å².